The lowest BCUT2D eigenvalue weighted by molar-refractivity contribution is -0.121. The second-order valence-corrected chi connectivity index (χ2v) is 2.17. The van der Waals surface area contributed by atoms with Crippen molar-refractivity contribution < 1.29 is 9.53 Å². The van der Waals surface area contributed by atoms with Crippen LogP contribution in [0.5, 0.6) is 0 Å². The van der Waals surface area contributed by atoms with Crippen molar-refractivity contribution in [3.63, 3.8) is 0 Å². The van der Waals surface area contributed by atoms with E-state index >= 15 is 0 Å². The molecule has 2 nitrogen and oxygen atoms in total. The summed E-state index contributed by atoms with van der Waals surface area (Å²) >= 11 is 0. The molecule has 0 bridgehead atoms. The molecule has 0 heterocycles. The Hall–Kier alpha value is -0.890. The zero-order valence-corrected chi connectivity index (χ0v) is 7.04. The van der Waals surface area contributed by atoms with Gasteiger partial charge in [0.1, 0.15) is 6.61 Å². The van der Waals surface area contributed by atoms with Crippen molar-refractivity contribution in [1.82, 2.24) is 0 Å². The Balaban J connectivity index is 3.20. The summed E-state index contributed by atoms with van der Waals surface area (Å²) in [7, 11) is 0. The van der Waals surface area contributed by atoms with E-state index in [1.165, 1.54) is 6.92 Å². The van der Waals surface area contributed by atoms with Crippen LogP contribution >= 0.6 is 0 Å². The third-order valence-corrected chi connectivity index (χ3v) is 0.959. The lowest BCUT2D eigenvalue weighted by Crippen LogP contribution is -2.03. The van der Waals surface area contributed by atoms with E-state index in [9.17, 15) is 4.79 Å². The van der Waals surface area contributed by atoms with Gasteiger partial charge < -0.3 is 4.74 Å². The molecule has 0 aliphatic carbocycles. The summed E-state index contributed by atoms with van der Waals surface area (Å²) in [5.41, 5.74) is 0. The first-order valence-electron chi connectivity index (χ1n) is 3.62. The number of hydrogen-bond acceptors (Lipinski definition) is 2. The number of carbonyl (C=O) groups excluding carboxylic acids is 1. The van der Waals surface area contributed by atoms with Crippen molar-refractivity contribution in [2.45, 2.75) is 13.8 Å². The third kappa shape index (κ3) is 9.11. The fourth-order valence-electron chi connectivity index (χ4n) is 0.516. The van der Waals surface area contributed by atoms with Gasteiger partial charge in [-0.05, 0) is 13.8 Å². The Bertz CT molecular complexity index is 157. The molecule has 62 valence electrons. The Labute approximate surface area is 67.6 Å². The average Bonchev–Trinajstić information content (AvgIpc) is 1.96. The molecular formula is C9H14O2. The van der Waals surface area contributed by atoms with Gasteiger partial charge in [0.2, 0.25) is 0 Å². The predicted molar refractivity (Wildman–Crippen MR) is 45.5 cm³/mol. The minimum Gasteiger partial charge on any atom is -0.370 e. The third-order valence-electron chi connectivity index (χ3n) is 0.959. The Morgan fingerprint density at radius 2 is 2.18 bits per heavy atom. The van der Waals surface area contributed by atoms with Gasteiger partial charge in [0, 0.05) is 0 Å². The predicted octanol–water partition coefficient (Wildman–Crippen LogP) is 1.72. The van der Waals surface area contributed by atoms with Gasteiger partial charge in [0.05, 0.1) is 6.61 Å². The summed E-state index contributed by atoms with van der Waals surface area (Å²) in [6, 6.07) is 0. The second-order valence-electron chi connectivity index (χ2n) is 2.17. The maximum absolute atomic E-state index is 10.4. The Kier molecular flexibility index (Phi) is 6.64. The van der Waals surface area contributed by atoms with Crippen LogP contribution in [0.3, 0.4) is 0 Å². The summed E-state index contributed by atoms with van der Waals surface area (Å²) in [5, 5.41) is 0. The topological polar surface area (TPSA) is 26.3 Å². The number of rotatable bonds is 5. The first kappa shape index (κ1) is 10.1. The molecule has 0 radical (unpaired) electrons. The molecule has 0 aromatic carbocycles. The molecule has 0 spiro atoms. The van der Waals surface area contributed by atoms with Crippen LogP contribution in [0.1, 0.15) is 13.8 Å². The SMILES string of the molecule is C/C=C/C=C/COCC(C)=O. The van der Waals surface area contributed by atoms with Gasteiger partial charge in [-0.15, -0.1) is 0 Å². The van der Waals surface area contributed by atoms with Crippen LogP contribution in [-0.4, -0.2) is 19.0 Å². The van der Waals surface area contributed by atoms with Crippen molar-refractivity contribution in [3.8, 4) is 0 Å². The maximum Gasteiger partial charge on any atom is 0.155 e. The molecule has 0 aromatic rings. The highest BCUT2D eigenvalue weighted by Gasteiger charge is 1.88. The van der Waals surface area contributed by atoms with E-state index in [0.717, 1.165) is 0 Å². The molecule has 0 rings (SSSR count). The highest BCUT2D eigenvalue weighted by molar-refractivity contribution is 5.76. The molecule has 2 heteroatoms. The number of allylic oxidation sites excluding steroid dienone is 3. The fraction of sp³-hybridized carbons (Fsp3) is 0.444. The first-order valence-corrected chi connectivity index (χ1v) is 3.62. The van der Waals surface area contributed by atoms with Gasteiger partial charge in [0.25, 0.3) is 0 Å². The van der Waals surface area contributed by atoms with E-state index in [-0.39, 0.29) is 12.4 Å². The minimum absolute atomic E-state index is 0.0597. The smallest absolute Gasteiger partial charge is 0.155 e. The zero-order valence-electron chi connectivity index (χ0n) is 7.04. The van der Waals surface area contributed by atoms with Crippen LogP contribution in [0.15, 0.2) is 24.3 Å². The van der Waals surface area contributed by atoms with Crippen LogP contribution in [0.2, 0.25) is 0 Å². The summed E-state index contributed by atoms with van der Waals surface area (Å²) in [5.74, 6) is 0.0597. The monoisotopic (exact) mass is 154 g/mol. The zero-order chi connectivity index (χ0) is 8.53. The van der Waals surface area contributed by atoms with Crippen molar-refractivity contribution in [2.75, 3.05) is 13.2 Å². The molecule has 0 amide bonds. The van der Waals surface area contributed by atoms with Gasteiger partial charge in [-0.25, -0.2) is 0 Å². The van der Waals surface area contributed by atoms with E-state index in [1.807, 2.05) is 31.2 Å². The molecule has 0 N–H and O–H groups in total. The van der Waals surface area contributed by atoms with Crippen molar-refractivity contribution >= 4 is 5.78 Å². The van der Waals surface area contributed by atoms with E-state index in [0.29, 0.717) is 6.61 Å². The molecule has 0 atom stereocenters. The van der Waals surface area contributed by atoms with Crippen LogP contribution in [0.25, 0.3) is 0 Å². The summed E-state index contributed by atoms with van der Waals surface area (Å²) < 4.78 is 4.97. The van der Waals surface area contributed by atoms with Gasteiger partial charge in [-0.3, -0.25) is 4.79 Å². The Morgan fingerprint density at radius 1 is 1.45 bits per heavy atom. The number of ether oxygens (including phenoxy) is 1. The maximum atomic E-state index is 10.4. The van der Waals surface area contributed by atoms with Crippen LogP contribution < -0.4 is 0 Å². The van der Waals surface area contributed by atoms with Crippen LogP contribution in [0.4, 0.5) is 0 Å². The summed E-state index contributed by atoms with van der Waals surface area (Å²) in [6.07, 6.45) is 7.60. The molecule has 0 saturated carbocycles. The lowest BCUT2D eigenvalue weighted by Gasteiger charge is -1.93. The lowest BCUT2D eigenvalue weighted by atomic mass is 10.4. The largest absolute Gasteiger partial charge is 0.370 e. The van der Waals surface area contributed by atoms with Crippen molar-refractivity contribution in [2.24, 2.45) is 0 Å². The molecule has 0 aromatic heterocycles. The quantitative estimate of drug-likeness (QED) is 0.445. The molecule has 0 unspecified atom stereocenters. The highest BCUT2D eigenvalue weighted by atomic mass is 16.5. The summed E-state index contributed by atoms with van der Waals surface area (Å²) in [4.78, 5) is 10.4. The minimum atomic E-state index is 0.0597. The van der Waals surface area contributed by atoms with Gasteiger partial charge in [0.15, 0.2) is 5.78 Å². The van der Waals surface area contributed by atoms with Crippen LogP contribution in [0, 0.1) is 0 Å². The fourth-order valence-corrected chi connectivity index (χ4v) is 0.516. The number of Topliss-reactive ketones (excluding diaryl/α,β-unsaturated/α-hetero) is 1. The second kappa shape index (κ2) is 7.22. The van der Waals surface area contributed by atoms with Crippen molar-refractivity contribution in [3.05, 3.63) is 24.3 Å². The molecule has 11 heavy (non-hydrogen) atoms. The van der Waals surface area contributed by atoms with E-state index in [4.69, 9.17) is 4.74 Å². The van der Waals surface area contributed by atoms with Crippen LogP contribution in [-0.2, 0) is 9.53 Å². The van der Waals surface area contributed by atoms with Gasteiger partial charge in [-0.1, -0.05) is 24.3 Å². The standard InChI is InChI=1S/C9H14O2/c1-3-4-5-6-7-11-8-9(2)10/h3-6H,7-8H2,1-2H3/b4-3+,6-5+. The van der Waals surface area contributed by atoms with E-state index in [1.54, 1.807) is 0 Å². The van der Waals surface area contributed by atoms with Gasteiger partial charge in [-0.2, -0.15) is 0 Å². The molecule has 0 fully saturated rings. The van der Waals surface area contributed by atoms with E-state index in [2.05, 4.69) is 0 Å². The molecule has 0 saturated heterocycles. The van der Waals surface area contributed by atoms with Crippen molar-refractivity contribution in [1.29, 1.82) is 0 Å². The number of carbonyl (C=O) groups is 1. The first-order chi connectivity index (χ1) is 5.27. The number of hydrogen-bond donors (Lipinski definition) is 0. The summed E-state index contributed by atoms with van der Waals surface area (Å²) in [6.45, 7) is 4.17. The van der Waals surface area contributed by atoms with Gasteiger partial charge >= 0.3 is 0 Å². The highest BCUT2D eigenvalue weighted by Crippen LogP contribution is 1.80. The Morgan fingerprint density at radius 3 is 2.73 bits per heavy atom. The van der Waals surface area contributed by atoms with E-state index < -0.39 is 0 Å². The average molecular weight is 154 g/mol. The molecular weight excluding hydrogens is 140 g/mol. The molecule has 0 aliphatic heterocycles. The number of ketones is 1. The normalized spacial score (nSPS) is 11.5. The molecule has 0 aliphatic rings.